The number of nitrogens with zero attached hydrogens (tertiary/aromatic N) is 2. The van der Waals surface area contributed by atoms with Crippen LogP contribution in [0.15, 0.2) is 30.7 Å². The molecule has 4 nitrogen and oxygen atoms in total. The van der Waals surface area contributed by atoms with Gasteiger partial charge in [-0.15, -0.1) is 0 Å². The van der Waals surface area contributed by atoms with Gasteiger partial charge in [-0.3, -0.25) is 0 Å². The van der Waals surface area contributed by atoms with Crippen molar-refractivity contribution in [1.82, 2.24) is 9.55 Å². The van der Waals surface area contributed by atoms with Crippen molar-refractivity contribution in [1.29, 1.82) is 0 Å². The Morgan fingerprint density at radius 3 is 2.82 bits per heavy atom. The first-order chi connectivity index (χ1) is 8.08. The predicted molar refractivity (Wildman–Crippen MR) is 64.8 cm³/mol. The van der Waals surface area contributed by atoms with Crippen LogP contribution in [0.1, 0.15) is 16.1 Å². The molecule has 0 aliphatic heterocycles. The first-order valence-electron chi connectivity index (χ1n) is 4.76. The third kappa shape index (κ3) is 2.60. The summed E-state index contributed by atoms with van der Waals surface area (Å²) >= 11 is 11.9. The second kappa shape index (κ2) is 4.77. The topological polar surface area (TPSA) is 55.1 Å². The minimum absolute atomic E-state index is 0.00292. The fourth-order valence-electron chi connectivity index (χ4n) is 1.42. The van der Waals surface area contributed by atoms with Crippen LogP contribution in [0.4, 0.5) is 0 Å². The number of benzene rings is 1. The highest BCUT2D eigenvalue weighted by molar-refractivity contribution is 6.42. The summed E-state index contributed by atoms with van der Waals surface area (Å²) in [6, 6.07) is 5.32. The molecule has 0 saturated heterocycles. The summed E-state index contributed by atoms with van der Waals surface area (Å²) in [5.41, 5.74) is 0.816. The van der Waals surface area contributed by atoms with Gasteiger partial charge in [0.1, 0.15) is 0 Å². The number of imidazole rings is 1. The second-order valence-corrected chi connectivity index (χ2v) is 4.23. The first-order valence-corrected chi connectivity index (χ1v) is 5.51. The van der Waals surface area contributed by atoms with Crippen molar-refractivity contribution in [3.63, 3.8) is 0 Å². The normalized spacial score (nSPS) is 10.5. The van der Waals surface area contributed by atoms with E-state index in [9.17, 15) is 4.79 Å². The van der Waals surface area contributed by atoms with E-state index in [0.717, 1.165) is 5.56 Å². The van der Waals surface area contributed by atoms with Gasteiger partial charge in [0, 0.05) is 6.20 Å². The zero-order chi connectivity index (χ0) is 12.4. The molecule has 6 heteroatoms. The number of halogens is 2. The van der Waals surface area contributed by atoms with Crippen LogP contribution in [-0.4, -0.2) is 20.6 Å². The van der Waals surface area contributed by atoms with Crippen molar-refractivity contribution < 1.29 is 9.90 Å². The van der Waals surface area contributed by atoms with Crippen LogP contribution in [0.2, 0.25) is 10.0 Å². The van der Waals surface area contributed by atoms with E-state index < -0.39 is 5.97 Å². The molecule has 1 aromatic carbocycles. The van der Waals surface area contributed by atoms with Gasteiger partial charge >= 0.3 is 5.97 Å². The number of hydrogen-bond donors (Lipinski definition) is 1. The van der Waals surface area contributed by atoms with Gasteiger partial charge < -0.3 is 9.67 Å². The predicted octanol–water partition coefficient (Wildman–Crippen LogP) is 2.94. The van der Waals surface area contributed by atoms with Crippen LogP contribution in [0.25, 0.3) is 0 Å². The molecule has 2 rings (SSSR count). The summed E-state index contributed by atoms with van der Waals surface area (Å²) in [6.45, 7) is 0.430. The highest BCUT2D eigenvalue weighted by Gasteiger charge is 2.09. The number of hydrogen-bond acceptors (Lipinski definition) is 2. The third-order valence-corrected chi connectivity index (χ3v) is 3.09. The van der Waals surface area contributed by atoms with Gasteiger partial charge in [-0.2, -0.15) is 0 Å². The summed E-state index contributed by atoms with van der Waals surface area (Å²) in [5, 5.41) is 9.69. The molecule has 0 amide bonds. The minimum Gasteiger partial charge on any atom is -0.476 e. The highest BCUT2D eigenvalue weighted by Crippen LogP contribution is 2.26. The highest BCUT2D eigenvalue weighted by atomic mass is 35.5. The van der Waals surface area contributed by atoms with E-state index in [2.05, 4.69) is 4.98 Å². The summed E-state index contributed by atoms with van der Waals surface area (Å²) in [7, 11) is 0. The summed E-state index contributed by atoms with van der Waals surface area (Å²) in [6.07, 6.45) is 2.89. The van der Waals surface area contributed by atoms with Crippen molar-refractivity contribution in [3.8, 4) is 0 Å². The summed E-state index contributed by atoms with van der Waals surface area (Å²) in [4.78, 5) is 14.4. The molecule has 0 radical (unpaired) electrons. The van der Waals surface area contributed by atoms with Crippen molar-refractivity contribution in [3.05, 3.63) is 52.0 Å². The molecule has 0 fully saturated rings. The average Bonchev–Trinajstić information content (AvgIpc) is 2.73. The first kappa shape index (κ1) is 12.0. The molecule has 17 heavy (non-hydrogen) atoms. The standard InChI is InChI=1S/C11H8Cl2N2O2/c12-8-3-1-2-7(10(8)13)4-15-5-9(11(16)17)14-6-15/h1-3,5-6H,4H2,(H,16,17). The van der Waals surface area contributed by atoms with Crippen LogP contribution in [0.3, 0.4) is 0 Å². The lowest BCUT2D eigenvalue weighted by Crippen LogP contribution is -1.99. The molecule has 0 unspecified atom stereocenters. The maximum Gasteiger partial charge on any atom is 0.356 e. The van der Waals surface area contributed by atoms with E-state index in [0.29, 0.717) is 16.6 Å². The van der Waals surface area contributed by atoms with E-state index in [-0.39, 0.29) is 5.69 Å². The Morgan fingerprint density at radius 2 is 2.18 bits per heavy atom. The molecule has 0 bridgehead atoms. The molecule has 1 aromatic heterocycles. The fourth-order valence-corrected chi connectivity index (χ4v) is 1.80. The maximum absolute atomic E-state index is 10.7. The number of aromatic carboxylic acids is 1. The van der Waals surface area contributed by atoms with Crippen LogP contribution in [0, 0.1) is 0 Å². The quantitative estimate of drug-likeness (QED) is 0.933. The third-order valence-electron chi connectivity index (χ3n) is 2.24. The largest absolute Gasteiger partial charge is 0.476 e. The molecule has 0 aliphatic rings. The van der Waals surface area contributed by atoms with E-state index in [4.69, 9.17) is 28.3 Å². The molecule has 2 aromatic rings. The Hall–Kier alpha value is -1.52. The second-order valence-electron chi connectivity index (χ2n) is 3.45. The van der Waals surface area contributed by atoms with Crippen LogP contribution in [0.5, 0.6) is 0 Å². The molecular weight excluding hydrogens is 263 g/mol. The van der Waals surface area contributed by atoms with Gasteiger partial charge in [0.2, 0.25) is 0 Å². The Bertz CT molecular complexity index is 566. The monoisotopic (exact) mass is 270 g/mol. The minimum atomic E-state index is -1.05. The van der Waals surface area contributed by atoms with Gasteiger partial charge in [0.05, 0.1) is 22.9 Å². The van der Waals surface area contributed by atoms with Crippen molar-refractivity contribution in [2.24, 2.45) is 0 Å². The van der Waals surface area contributed by atoms with E-state index in [1.807, 2.05) is 6.07 Å². The zero-order valence-electron chi connectivity index (χ0n) is 8.60. The molecule has 0 aliphatic carbocycles. The molecular formula is C11H8Cl2N2O2. The zero-order valence-corrected chi connectivity index (χ0v) is 10.1. The molecule has 88 valence electrons. The molecule has 1 N–H and O–H groups in total. The van der Waals surface area contributed by atoms with Crippen molar-refractivity contribution in [2.75, 3.05) is 0 Å². The maximum atomic E-state index is 10.7. The molecule has 1 heterocycles. The molecule has 0 spiro atoms. The Balaban J connectivity index is 2.25. The SMILES string of the molecule is O=C(O)c1cn(Cc2cccc(Cl)c2Cl)cn1. The Morgan fingerprint density at radius 1 is 1.41 bits per heavy atom. The number of aromatic nitrogens is 2. The lowest BCUT2D eigenvalue weighted by atomic mass is 10.2. The Kier molecular flexibility index (Phi) is 3.36. The number of rotatable bonds is 3. The number of carboxylic acids is 1. The van der Waals surface area contributed by atoms with Gasteiger partial charge in [-0.05, 0) is 11.6 Å². The van der Waals surface area contributed by atoms with Gasteiger partial charge in [-0.1, -0.05) is 35.3 Å². The van der Waals surface area contributed by atoms with Gasteiger partial charge in [-0.25, -0.2) is 9.78 Å². The van der Waals surface area contributed by atoms with Crippen LogP contribution in [-0.2, 0) is 6.54 Å². The van der Waals surface area contributed by atoms with Crippen LogP contribution >= 0.6 is 23.2 Å². The number of carbonyl (C=O) groups is 1. The molecule has 0 saturated carbocycles. The van der Waals surface area contributed by atoms with Gasteiger partial charge in [0.15, 0.2) is 5.69 Å². The van der Waals surface area contributed by atoms with Crippen LogP contribution < -0.4 is 0 Å². The summed E-state index contributed by atoms with van der Waals surface area (Å²) < 4.78 is 1.64. The van der Waals surface area contributed by atoms with Crippen molar-refractivity contribution in [2.45, 2.75) is 6.54 Å². The molecule has 0 atom stereocenters. The van der Waals surface area contributed by atoms with E-state index >= 15 is 0 Å². The number of carboxylic acid groups (broad SMARTS) is 1. The lowest BCUT2D eigenvalue weighted by molar-refractivity contribution is 0.0691. The van der Waals surface area contributed by atoms with Crippen molar-refractivity contribution >= 4 is 29.2 Å². The lowest BCUT2D eigenvalue weighted by Gasteiger charge is -2.05. The van der Waals surface area contributed by atoms with Gasteiger partial charge in [0.25, 0.3) is 0 Å². The average molecular weight is 271 g/mol. The smallest absolute Gasteiger partial charge is 0.356 e. The fraction of sp³-hybridized carbons (Fsp3) is 0.0909. The van der Waals surface area contributed by atoms with E-state index in [1.54, 1.807) is 16.7 Å². The summed E-state index contributed by atoms with van der Waals surface area (Å²) in [5.74, 6) is -1.05. The Labute approximate surface area is 107 Å². The van der Waals surface area contributed by atoms with E-state index in [1.165, 1.54) is 12.5 Å².